The van der Waals surface area contributed by atoms with Gasteiger partial charge in [-0.15, -0.1) is 0 Å². The third kappa shape index (κ3) is 3.47. The average Bonchev–Trinajstić information content (AvgIpc) is 2.57. The van der Waals surface area contributed by atoms with Gasteiger partial charge in [0.05, 0.1) is 0 Å². The molecule has 3 aromatic rings. The molecule has 2 nitrogen and oxygen atoms in total. The summed E-state index contributed by atoms with van der Waals surface area (Å²) < 4.78 is 5.92. The van der Waals surface area contributed by atoms with Gasteiger partial charge in [-0.25, -0.2) is 0 Å². The van der Waals surface area contributed by atoms with Gasteiger partial charge in [0, 0.05) is 12.0 Å². The van der Waals surface area contributed by atoms with E-state index >= 15 is 0 Å². The first kappa shape index (κ1) is 14.2. The Labute approximate surface area is 130 Å². The van der Waals surface area contributed by atoms with Crippen molar-refractivity contribution in [2.45, 2.75) is 13.0 Å². The van der Waals surface area contributed by atoms with E-state index in [1.54, 1.807) is 6.07 Å². The lowest BCUT2D eigenvalue weighted by molar-refractivity contribution is 0.301. The zero-order valence-electron chi connectivity index (χ0n) is 12.3. The molecule has 0 bridgehead atoms. The summed E-state index contributed by atoms with van der Waals surface area (Å²) in [5, 5.41) is 10.2. The lowest BCUT2D eigenvalue weighted by Crippen LogP contribution is -1.99. The van der Waals surface area contributed by atoms with Gasteiger partial charge in [0.2, 0.25) is 0 Å². The summed E-state index contributed by atoms with van der Waals surface area (Å²) in [6, 6.07) is 25.5. The minimum absolute atomic E-state index is 0.273. The second-order valence-electron chi connectivity index (χ2n) is 5.19. The second-order valence-corrected chi connectivity index (χ2v) is 5.19. The molecule has 3 rings (SSSR count). The van der Waals surface area contributed by atoms with Crippen LogP contribution in [0.25, 0.3) is 0 Å². The summed E-state index contributed by atoms with van der Waals surface area (Å²) >= 11 is 0. The molecule has 0 unspecified atom stereocenters. The van der Waals surface area contributed by atoms with Gasteiger partial charge < -0.3 is 9.84 Å². The van der Waals surface area contributed by atoms with E-state index in [-0.39, 0.29) is 5.75 Å². The van der Waals surface area contributed by atoms with Gasteiger partial charge in [0.15, 0.2) is 0 Å². The average molecular weight is 290 g/mol. The first-order chi connectivity index (χ1) is 10.8. The van der Waals surface area contributed by atoms with Crippen molar-refractivity contribution < 1.29 is 9.84 Å². The van der Waals surface area contributed by atoms with Gasteiger partial charge in [-0.2, -0.15) is 0 Å². The molecule has 0 aliphatic heterocycles. The molecule has 2 heteroatoms. The van der Waals surface area contributed by atoms with Gasteiger partial charge in [0.25, 0.3) is 0 Å². The third-order valence-electron chi connectivity index (χ3n) is 3.57. The lowest BCUT2D eigenvalue weighted by Gasteiger charge is -2.13. The first-order valence-corrected chi connectivity index (χ1v) is 7.34. The minimum Gasteiger partial charge on any atom is -0.508 e. The van der Waals surface area contributed by atoms with Crippen LogP contribution in [-0.2, 0) is 13.0 Å². The summed E-state index contributed by atoms with van der Waals surface area (Å²) in [6.45, 7) is 0.492. The van der Waals surface area contributed by atoms with Crippen molar-refractivity contribution in [3.05, 3.63) is 95.6 Å². The van der Waals surface area contributed by atoms with Crippen LogP contribution in [-0.4, -0.2) is 5.11 Å². The molecule has 0 saturated carbocycles. The molecular formula is C20H18O2. The van der Waals surface area contributed by atoms with Crippen molar-refractivity contribution in [1.29, 1.82) is 0 Å². The van der Waals surface area contributed by atoms with Crippen molar-refractivity contribution in [1.82, 2.24) is 0 Å². The summed E-state index contributed by atoms with van der Waals surface area (Å²) in [7, 11) is 0. The summed E-state index contributed by atoms with van der Waals surface area (Å²) in [5.74, 6) is 1.00. The fraction of sp³-hybridized carbons (Fsp3) is 0.100. The van der Waals surface area contributed by atoms with Crippen molar-refractivity contribution in [3.8, 4) is 11.5 Å². The molecule has 0 radical (unpaired) electrons. The van der Waals surface area contributed by atoms with Crippen LogP contribution in [0.5, 0.6) is 11.5 Å². The van der Waals surface area contributed by atoms with Gasteiger partial charge >= 0.3 is 0 Å². The van der Waals surface area contributed by atoms with Gasteiger partial charge in [0.1, 0.15) is 18.1 Å². The fourth-order valence-electron chi connectivity index (χ4n) is 2.40. The number of hydrogen-bond donors (Lipinski definition) is 1. The smallest absolute Gasteiger partial charge is 0.127 e. The predicted octanol–water partition coefficient (Wildman–Crippen LogP) is 4.56. The molecule has 0 saturated heterocycles. The van der Waals surface area contributed by atoms with Crippen LogP contribution in [0.4, 0.5) is 0 Å². The van der Waals surface area contributed by atoms with E-state index in [4.69, 9.17) is 4.74 Å². The number of phenols is 1. The Morgan fingerprint density at radius 2 is 1.32 bits per heavy atom. The third-order valence-corrected chi connectivity index (χ3v) is 3.57. The number of benzene rings is 3. The van der Waals surface area contributed by atoms with Crippen molar-refractivity contribution in [2.24, 2.45) is 0 Å². The molecule has 0 heterocycles. The number of aromatic hydroxyl groups is 1. The van der Waals surface area contributed by atoms with Crippen LogP contribution in [0.1, 0.15) is 16.7 Å². The Morgan fingerprint density at radius 1 is 0.682 bits per heavy atom. The van der Waals surface area contributed by atoms with E-state index in [0.29, 0.717) is 13.0 Å². The Kier molecular flexibility index (Phi) is 4.40. The van der Waals surface area contributed by atoms with Gasteiger partial charge in [-0.1, -0.05) is 66.7 Å². The fourth-order valence-corrected chi connectivity index (χ4v) is 2.40. The van der Waals surface area contributed by atoms with E-state index in [9.17, 15) is 5.11 Å². The molecular weight excluding hydrogens is 272 g/mol. The van der Waals surface area contributed by atoms with E-state index in [2.05, 4.69) is 0 Å². The van der Waals surface area contributed by atoms with Gasteiger partial charge in [-0.3, -0.25) is 0 Å². The highest BCUT2D eigenvalue weighted by Crippen LogP contribution is 2.30. The molecule has 0 spiro atoms. The minimum atomic E-state index is 0.273. The summed E-state index contributed by atoms with van der Waals surface area (Å²) in [4.78, 5) is 0. The summed E-state index contributed by atoms with van der Waals surface area (Å²) in [6.07, 6.45) is 0.650. The largest absolute Gasteiger partial charge is 0.508 e. The van der Waals surface area contributed by atoms with Crippen LogP contribution >= 0.6 is 0 Å². The molecule has 3 aromatic carbocycles. The van der Waals surface area contributed by atoms with E-state index in [1.807, 2.05) is 72.8 Å². The molecule has 0 atom stereocenters. The highest BCUT2D eigenvalue weighted by Gasteiger charge is 2.10. The van der Waals surface area contributed by atoms with Crippen LogP contribution in [0.2, 0.25) is 0 Å². The van der Waals surface area contributed by atoms with Crippen LogP contribution in [0.3, 0.4) is 0 Å². The first-order valence-electron chi connectivity index (χ1n) is 7.34. The standard InChI is InChI=1S/C20H18O2/c21-19-12-7-13-20(22-15-17-10-5-2-6-11-17)18(19)14-16-8-3-1-4-9-16/h1-13,21H,14-15H2. The predicted molar refractivity (Wildman–Crippen MR) is 88.1 cm³/mol. The molecule has 0 aliphatic rings. The maximum Gasteiger partial charge on any atom is 0.127 e. The molecule has 0 aliphatic carbocycles. The zero-order valence-corrected chi connectivity index (χ0v) is 12.3. The van der Waals surface area contributed by atoms with Crippen LogP contribution in [0.15, 0.2) is 78.9 Å². The molecule has 1 N–H and O–H groups in total. The highest BCUT2D eigenvalue weighted by molar-refractivity contribution is 5.46. The van der Waals surface area contributed by atoms with Crippen molar-refractivity contribution >= 4 is 0 Å². The highest BCUT2D eigenvalue weighted by atomic mass is 16.5. The number of ether oxygens (including phenoxy) is 1. The Bertz CT molecular complexity index is 721. The zero-order chi connectivity index (χ0) is 15.2. The number of hydrogen-bond acceptors (Lipinski definition) is 2. The topological polar surface area (TPSA) is 29.5 Å². The van der Waals surface area contributed by atoms with Crippen LogP contribution in [0, 0.1) is 0 Å². The van der Waals surface area contributed by atoms with Gasteiger partial charge in [-0.05, 0) is 23.3 Å². The van der Waals surface area contributed by atoms with E-state index in [1.165, 1.54) is 0 Å². The molecule has 0 aromatic heterocycles. The Hall–Kier alpha value is -2.74. The molecule has 22 heavy (non-hydrogen) atoms. The van der Waals surface area contributed by atoms with Crippen molar-refractivity contribution in [3.63, 3.8) is 0 Å². The van der Waals surface area contributed by atoms with E-state index in [0.717, 1.165) is 22.4 Å². The maximum absolute atomic E-state index is 10.2. The SMILES string of the molecule is Oc1cccc(OCc2ccccc2)c1Cc1ccccc1. The Balaban J connectivity index is 1.80. The maximum atomic E-state index is 10.2. The van der Waals surface area contributed by atoms with E-state index < -0.39 is 0 Å². The Morgan fingerprint density at radius 3 is 2.00 bits per heavy atom. The van der Waals surface area contributed by atoms with Crippen molar-refractivity contribution in [2.75, 3.05) is 0 Å². The normalized spacial score (nSPS) is 10.4. The quantitative estimate of drug-likeness (QED) is 0.746. The molecule has 0 fully saturated rings. The molecule has 0 amide bonds. The number of phenolic OH excluding ortho intramolecular Hbond substituents is 1. The lowest BCUT2D eigenvalue weighted by atomic mass is 10.0. The second kappa shape index (κ2) is 6.81. The summed E-state index contributed by atoms with van der Waals surface area (Å²) in [5.41, 5.74) is 3.08. The molecule has 110 valence electrons. The van der Waals surface area contributed by atoms with Crippen LogP contribution < -0.4 is 4.74 Å². The monoisotopic (exact) mass is 290 g/mol. The number of rotatable bonds is 5.